The van der Waals surface area contributed by atoms with Crippen molar-refractivity contribution >= 4 is 11.9 Å². The van der Waals surface area contributed by atoms with Crippen LogP contribution in [-0.4, -0.2) is 85.7 Å². The number of piperazine rings is 1. The first-order valence-electron chi connectivity index (χ1n) is 9.83. The molecule has 8 nitrogen and oxygen atoms in total. The smallest absolute Gasteiger partial charge is 0.320 e. The Labute approximate surface area is 166 Å². The van der Waals surface area contributed by atoms with Crippen molar-refractivity contribution in [1.82, 2.24) is 25.1 Å². The van der Waals surface area contributed by atoms with E-state index >= 15 is 0 Å². The van der Waals surface area contributed by atoms with Crippen LogP contribution in [0.3, 0.4) is 0 Å². The van der Waals surface area contributed by atoms with E-state index in [4.69, 9.17) is 9.72 Å². The number of hydrogen-bond acceptors (Lipinski definition) is 8. The minimum atomic E-state index is -0.162. The highest BCUT2D eigenvalue weighted by Crippen LogP contribution is 2.25. The Kier molecular flexibility index (Phi) is 7.00. The van der Waals surface area contributed by atoms with E-state index in [-0.39, 0.29) is 12.0 Å². The van der Waals surface area contributed by atoms with Gasteiger partial charge in [-0.15, -0.1) is 0 Å². The summed E-state index contributed by atoms with van der Waals surface area (Å²) in [6.07, 6.45) is 8.18. The first-order valence-corrected chi connectivity index (χ1v) is 9.83. The number of esters is 1. The SMILES string of the molecule is CCOC(=O)CN1CCN(c2nccc(C(NC)C3=CC=CCN3C)n2)CC1. The molecule has 152 valence electrons. The van der Waals surface area contributed by atoms with Crippen molar-refractivity contribution < 1.29 is 9.53 Å². The molecule has 0 spiro atoms. The highest BCUT2D eigenvalue weighted by molar-refractivity contribution is 5.71. The molecule has 1 atom stereocenters. The van der Waals surface area contributed by atoms with Crippen LogP contribution < -0.4 is 10.2 Å². The van der Waals surface area contributed by atoms with E-state index in [1.165, 1.54) is 5.70 Å². The van der Waals surface area contributed by atoms with Gasteiger partial charge < -0.3 is 19.9 Å². The first-order chi connectivity index (χ1) is 13.6. The fourth-order valence-electron chi connectivity index (χ4n) is 3.55. The molecular weight excluding hydrogens is 356 g/mol. The van der Waals surface area contributed by atoms with E-state index in [0.29, 0.717) is 13.2 Å². The fourth-order valence-corrected chi connectivity index (χ4v) is 3.55. The van der Waals surface area contributed by atoms with E-state index in [1.807, 2.05) is 26.2 Å². The Hall–Kier alpha value is -2.45. The van der Waals surface area contributed by atoms with Crippen LogP contribution in [0.5, 0.6) is 0 Å². The zero-order chi connectivity index (χ0) is 19.9. The predicted octanol–water partition coefficient (Wildman–Crippen LogP) is 0.808. The Morgan fingerprint density at radius 2 is 2.11 bits per heavy atom. The summed E-state index contributed by atoms with van der Waals surface area (Å²) in [6, 6.07) is 1.98. The number of carbonyl (C=O) groups excluding carboxylic acids is 1. The maximum absolute atomic E-state index is 11.7. The molecule has 8 heteroatoms. The summed E-state index contributed by atoms with van der Waals surface area (Å²) in [6.45, 7) is 6.66. The van der Waals surface area contributed by atoms with Gasteiger partial charge in [0.25, 0.3) is 0 Å². The third-order valence-corrected chi connectivity index (χ3v) is 5.08. The predicted molar refractivity (Wildman–Crippen MR) is 109 cm³/mol. The van der Waals surface area contributed by atoms with Crippen LogP contribution in [-0.2, 0) is 9.53 Å². The summed E-state index contributed by atoms with van der Waals surface area (Å²) >= 11 is 0. The van der Waals surface area contributed by atoms with E-state index < -0.39 is 0 Å². The number of aromatic nitrogens is 2. The van der Waals surface area contributed by atoms with Crippen molar-refractivity contribution in [2.75, 3.05) is 64.9 Å². The van der Waals surface area contributed by atoms with Crippen LogP contribution in [0.25, 0.3) is 0 Å². The Balaban J connectivity index is 1.66. The van der Waals surface area contributed by atoms with Gasteiger partial charge in [-0.05, 0) is 26.1 Å². The minimum absolute atomic E-state index is 0.0156. The van der Waals surface area contributed by atoms with E-state index in [0.717, 1.165) is 44.4 Å². The van der Waals surface area contributed by atoms with Crippen LogP contribution in [0.15, 0.2) is 36.2 Å². The lowest BCUT2D eigenvalue weighted by Gasteiger charge is -2.34. The van der Waals surface area contributed by atoms with Gasteiger partial charge in [0.15, 0.2) is 0 Å². The highest BCUT2D eigenvalue weighted by atomic mass is 16.5. The molecule has 3 heterocycles. The first kappa shape index (κ1) is 20.3. The number of nitrogens with one attached hydrogen (secondary N) is 1. The summed E-state index contributed by atoms with van der Waals surface area (Å²) in [5.74, 6) is 0.577. The van der Waals surface area contributed by atoms with Crippen molar-refractivity contribution in [3.05, 3.63) is 41.9 Å². The Bertz CT molecular complexity index is 727. The molecule has 0 saturated carbocycles. The molecule has 1 fully saturated rings. The number of hydrogen-bond donors (Lipinski definition) is 1. The molecule has 1 saturated heterocycles. The normalized spacial score (nSPS) is 18.8. The third kappa shape index (κ3) is 4.88. The van der Waals surface area contributed by atoms with E-state index in [1.54, 1.807) is 0 Å². The molecule has 2 aliphatic rings. The number of nitrogens with zero attached hydrogens (tertiary/aromatic N) is 5. The molecule has 1 aromatic rings. The van der Waals surface area contributed by atoms with Crippen LogP contribution >= 0.6 is 0 Å². The van der Waals surface area contributed by atoms with Gasteiger partial charge in [-0.3, -0.25) is 9.69 Å². The van der Waals surface area contributed by atoms with E-state index in [9.17, 15) is 4.79 Å². The molecule has 28 heavy (non-hydrogen) atoms. The van der Waals surface area contributed by atoms with E-state index in [2.05, 4.69) is 50.3 Å². The monoisotopic (exact) mass is 386 g/mol. The third-order valence-electron chi connectivity index (χ3n) is 5.08. The average molecular weight is 387 g/mol. The summed E-state index contributed by atoms with van der Waals surface area (Å²) in [4.78, 5) is 27.5. The van der Waals surface area contributed by atoms with Crippen molar-refractivity contribution in [3.63, 3.8) is 0 Å². The molecule has 0 radical (unpaired) electrons. The van der Waals surface area contributed by atoms with Crippen LogP contribution in [0.4, 0.5) is 5.95 Å². The molecule has 3 rings (SSSR count). The maximum Gasteiger partial charge on any atom is 0.320 e. The number of carbonyl (C=O) groups is 1. The van der Waals surface area contributed by atoms with Gasteiger partial charge in [0.1, 0.15) is 0 Å². The second-order valence-corrected chi connectivity index (χ2v) is 6.97. The molecule has 0 amide bonds. The van der Waals surface area contributed by atoms with Crippen molar-refractivity contribution in [3.8, 4) is 0 Å². The number of likely N-dealkylation sites (N-methyl/N-ethyl adjacent to an activating group) is 2. The average Bonchev–Trinajstić information content (AvgIpc) is 2.71. The van der Waals surface area contributed by atoms with Gasteiger partial charge in [0, 0.05) is 51.7 Å². The molecule has 1 N–H and O–H groups in total. The highest BCUT2D eigenvalue weighted by Gasteiger charge is 2.24. The molecule has 0 bridgehead atoms. The Morgan fingerprint density at radius 3 is 2.79 bits per heavy atom. The molecule has 2 aliphatic heterocycles. The zero-order valence-electron chi connectivity index (χ0n) is 17.0. The number of rotatable bonds is 7. The number of allylic oxidation sites excluding steroid dienone is 2. The fraction of sp³-hybridized carbons (Fsp3) is 0.550. The molecule has 1 unspecified atom stereocenters. The quantitative estimate of drug-likeness (QED) is 0.690. The van der Waals surface area contributed by atoms with Gasteiger partial charge in [0.2, 0.25) is 5.95 Å². The molecule has 0 aliphatic carbocycles. The largest absolute Gasteiger partial charge is 0.465 e. The minimum Gasteiger partial charge on any atom is -0.465 e. The van der Waals surface area contributed by atoms with Gasteiger partial charge in [-0.1, -0.05) is 12.2 Å². The lowest BCUT2D eigenvalue weighted by molar-refractivity contribution is -0.144. The lowest BCUT2D eigenvalue weighted by Crippen LogP contribution is -2.48. The summed E-state index contributed by atoms with van der Waals surface area (Å²) in [5, 5.41) is 3.38. The number of ether oxygens (including phenoxy) is 1. The van der Waals surface area contributed by atoms with Gasteiger partial charge in [-0.25, -0.2) is 9.97 Å². The van der Waals surface area contributed by atoms with Gasteiger partial charge >= 0.3 is 5.97 Å². The van der Waals surface area contributed by atoms with Crippen LogP contribution in [0.2, 0.25) is 0 Å². The molecular formula is C20H30N6O2. The second-order valence-electron chi connectivity index (χ2n) is 6.97. The maximum atomic E-state index is 11.7. The summed E-state index contributed by atoms with van der Waals surface area (Å²) in [7, 11) is 4.04. The molecule has 0 aromatic carbocycles. The summed E-state index contributed by atoms with van der Waals surface area (Å²) < 4.78 is 5.04. The summed E-state index contributed by atoms with van der Waals surface area (Å²) in [5.41, 5.74) is 2.14. The van der Waals surface area contributed by atoms with Gasteiger partial charge in [-0.2, -0.15) is 0 Å². The standard InChI is InChI=1S/C20H30N6O2/c1-4-28-18(27)15-25-11-13-26(14-12-25)20-22-9-8-16(23-20)19(21-2)17-7-5-6-10-24(17)3/h5-9,19,21H,4,10-15H2,1-3H3. The molecule has 1 aromatic heterocycles. The second kappa shape index (κ2) is 9.66. The van der Waals surface area contributed by atoms with Crippen LogP contribution in [0, 0.1) is 0 Å². The Morgan fingerprint density at radius 1 is 1.32 bits per heavy atom. The lowest BCUT2D eigenvalue weighted by atomic mass is 10.1. The topological polar surface area (TPSA) is 73.8 Å². The van der Waals surface area contributed by atoms with Gasteiger partial charge in [0.05, 0.1) is 24.9 Å². The number of anilines is 1. The zero-order valence-corrected chi connectivity index (χ0v) is 17.0. The van der Waals surface area contributed by atoms with Crippen molar-refractivity contribution in [2.24, 2.45) is 0 Å². The van der Waals surface area contributed by atoms with Crippen molar-refractivity contribution in [1.29, 1.82) is 0 Å². The van der Waals surface area contributed by atoms with Crippen LogP contribution in [0.1, 0.15) is 18.7 Å². The van der Waals surface area contributed by atoms with Crippen molar-refractivity contribution in [2.45, 2.75) is 13.0 Å².